The summed E-state index contributed by atoms with van der Waals surface area (Å²) in [6, 6.07) is 6.45. The molecule has 0 bridgehead atoms. The van der Waals surface area contributed by atoms with Gasteiger partial charge in [0.2, 0.25) is 0 Å². The van der Waals surface area contributed by atoms with Crippen LogP contribution in [0.5, 0.6) is 0 Å². The van der Waals surface area contributed by atoms with E-state index in [4.69, 9.17) is 0 Å². The van der Waals surface area contributed by atoms with Crippen LogP contribution >= 0.6 is 0 Å². The molecule has 0 radical (unpaired) electrons. The van der Waals surface area contributed by atoms with E-state index in [1.807, 2.05) is 12.1 Å². The van der Waals surface area contributed by atoms with Crippen molar-refractivity contribution in [2.24, 2.45) is 0 Å². The van der Waals surface area contributed by atoms with Gasteiger partial charge in [0, 0.05) is 18.8 Å². The average molecular weight is 232 g/mol. The van der Waals surface area contributed by atoms with E-state index < -0.39 is 11.4 Å². The van der Waals surface area contributed by atoms with Crippen molar-refractivity contribution in [2.45, 2.75) is 18.9 Å². The Kier molecular flexibility index (Phi) is 3.15. The Hall–Kier alpha value is -1.81. The Balaban J connectivity index is 2.21. The minimum Gasteiger partial charge on any atom is -0.383 e. The third-order valence-corrected chi connectivity index (χ3v) is 2.58. The highest BCUT2D eigenvalue weighted by Gasteiger charge is 2.25. The second-order valence-electron chi connectivity index (χ2n) is 4.17. The smallest absolute Gasteiger partial charge is 0.141 e. The van der Waals surface area contributed by atoms with Gasteiger partial charge in [-0.25, -0.2) is 4.39 Å². The van der Waals surface area contributed by atoms with E-state index in [1.54, 1.807) is 19.3 Å². The number of halogens is 1. The van der Waals surface area contributed by atoms with Crippen molar-refractivity contribution < 1.29 is 9.50 Å². The number of aromatic nitrogens is 2. The fraction of sp³-hybridized carbons (Fsp3) is 0.231. The van der Waals surface area contributed by atoms with Crippen molar-refractivity contribution in [3.63, 3.8) is 0 Å². The van der Waals surface area contributed by atoms with Crippen LogP contribution in [0.15, 0.2) is 42.9 Å². The number of aliphatic hydroxyl groups is 1. The molecule has 2 aromatic heterocycles. The fourth-order valence-electron chi connectivity index (χ4n) is 1.68. The van der Waals surface area contributed by atoms with Crippen LogP contribution in [0.4, 0.5) is 4.39 Å². The summed E-state index contributed by atoms with van der Waals surface area (Å²) in [6.07, 6.45) is 4.86. The molecule has 0 aliphatic carbocycles. The fourth-order valence-corrected chi connectivity index (χ4v) is 1.68. The zero-order chi connectivity index (χ0) is 12.3. The molecule has 0 amide bonds. The SMILES string of the molecule is CC(O)(Cc1ccncc1)c1ccc(F)cn1. The number of pyridine rings is 2. The molecule has 88 valence electrons. The lowest BCUT2D eigenvalue weighted by molar-refractivity contribution is 0.0529. The standard InChI is InChI=1S/C13H13FN2O/c1-13(17,8-10-4-6-15-7-5-10)12-3-2-11(14)9-16-12/h2-7,9,17H,8H2,1H3. The summed E-state index contributed by atoms with van der Waals surface area (Å²) >= 11 is 0. The summed E-state index contributed by atoms with van der Waals surface area (Å²) in [5, 5.41) is 10.3. The van der Waals surface area contributed by atoms with Gasteiger partial charge in [0.25, 0.3) is 0 Å². The summed E-state index contributed by atoms with van der Waals surface area (Å²) in [5.41, 5.74) is 0.293. The third kappa shape index (κ3) is 2.85. The van der Waals surface area contributed by atoms with Gasteiger partial charge in [-0.1, -0.05) is 0 Å². The van der Waals surface area contributed by atoms with Gasteiger partial charge in [-0.15, -0.1) is 0 Å². The van der Waals surface area contributed by atoms with E-state index >= 15 is 0 Å². The maximum atomic E-state index is 12.7. The highest BCUT2D eigenvalue weighted by Crippen LogP contribution is 2.23. The first-order valence-electron chi connectivity index (χ1n) is 5.31. The van der Waals surface area contributed by atoms with Gasteiger partial charge in [0.15, 0.2) is 0 Å². The van der Waals surface area contributed by atoms with Gasteiger partial charge < -0.3 is 5.11 Å². The molecular weight excluding hydrogens is 219 g/mol. The Bertz CT molecular complexity index is 483. The van der Waals surface area contributed by atoms with Gasteiger partial charge in [-0.2, -0.15) is 0 Å². The molecule has 17 heavy (non-hydrogen) atoms. The van der Waals surface area contributed by atoms with Crippen molar-refractivity contribution >= 4 is 0 Å². The van der Waals surface area contributed by atoms with Crippen molar-refractivity contribution in [1.82, 2.24) is 9.97 Å². The zero-order valence-corrected chi connectivity index (χ0v) is 9.47. The molecule has 0 aliphatic heterocycles. The molecule has 2 heterocycles. The lowest BCUT2D eigenvalue weighted by atomic mass is 9.93. The summed E-state index contributed by atoms with van der Waals surface area (Å²) < 4.78 is 12.7. The molecule has 0 aliphatic rings. The van der Waals surface area contributed by atoms with Gasteiger partial charge in [0.1, 0.15) is 11.4 Å². The molecule has 1 N–H and O–H groups in total. The maximum absolute atomic E-state index is 12.7. The first-order valence-corrected chi connectivity index (χ1v) is 5.31. The maximum Gasteiger partial charge on any atom is 0.141 e. The van der Waals surface area contributed by atoms with Gasteiger partial charge >= 0.3 is 0 Å². The Morgan fingerprint density at radius 1 is 1.24 bits per heavy atom. The first kappa shape index (κ1) is 11.7. The Morgan fingerprint density at radius 2 is 1.94 bits per heavy atom. The van der Waals surface area contributed by atoms with Crippen molar-refractivity contribution in [1.29, 1.82) is 0 Å². The van der Waals surface area contributed by atoms with E-state index in [9.17, 15) is 9.50 Å². The second kappa shape index (κ2) is 4.59. The molecule has 2 aromatic rings. The van der Waals surface area contributed by atoms with E-state index in [-0.39, 0.29) is 0 Å². The second-order valence-corrected chi connectivity index (χ2v) is 4.17. The lowest BCUT2D eigenvalue weighted by Gasteiger charge is -2.22. The van der Waals surface area contributed by atoms with Crippen LogP contribution in [0, 0.1) is 5.82 Å². The van der Waals surface area contributed by atoms with Gasteiger partial charge in [-0.05, 0) is 36.8 Å². The number of hydrogen-bond donors (Lipinski definition) is 1. The molecule has 2 rings (SSSR count). The Labute approximate surface area is 99.0 Å². The minimum absolute atomic E-state index is 0.409. The molecule has 0 saturated heterocycles. The topological polar surface area (TPSA) is 46.0 Å². The number of nitrogens with zero attached hydrogens (tertiary/aromatic N) is 2. The van der Waals surface area contributed by atoms with E-state index in [0.29, 0.717) is 12.1 Å². The zero-order valence-electron chi connectivity index (χ0n) is 9.47. The van der Waals surface area contributed by atoms with Crippen LogP contribution in [0.25, 0.3) is 0 Å². The molecule has 0 aromatic carbocycles. The highest BCUT2D eigenvalue weighted by molar-refractivity contribution is 5.19. The highest BCUT2D eigenvalue weighted by atomic mass is 19.1. The molecule has 0 fully saturated rings. The molecule has 0 spiro atoms. The first-order chi connectivity index (χ1) is 8.08. The number of rotatable bonds is 3. The van der Waals surface area contributed by atoms with Crippen LogP contribution in [0.1, 0.15) is 18.2 Å². The molecule has 3 nitrogen and oxygen atoms in total. The lowest BCUT2D eigenvalue weighted by Crippen LogP contribution is -2.25. The third-order valence-electron chi connectivity index (χ3n) is 2.58. The van der Waals surface area contributed by atoms with Gasteiger partial charge in [0.05, 0.1) is 11.9 Å². The predicted octanol–water partition coefficient (Wildman–Crippen LogP) is 2.07. The number of hydrogen-bond acceptors (Lipinski definition) is 3. The molecule has 0 saturated carbocycles. The minimum atomic E-state index is -1.12. The Morgan fingerprint density at radius 3 is 2.53 bits per heavy atom. The van der Waals surface area contributed by atoms with E-state index in [2.05, 4.69) is 9.97 Å². The largest absolute Gasteiger partial charge is 0.383 e. The quantitative estimate of drug-likeness (QED) is 0.881. The van der Waals surface area contributed by atoms with E-state index in [1.165, 1.54) is 12.1 Å². The van der Waals surface area contributed by atoms with Crippen molar-refractivity contribution in [2.75, 3.05) is 0 Å². The average Bonchev–Trinajstić information content (AvgIpc) is 2.30. The van der Waals surface area contributed by atoms with Crippen LogP contribution in [0.2, 0.25) is 0 Å². The van der Waals surface area contributed by atoms with Gasteiger partial charge in [-0.3, -0.25) is 9.97 Å². The van der Waals surface area contributed by atoms with Crippen molar-refractivity contribution in [3.05, 3.63) is 59.9 Å². The summed E-state index contributed by atoms with van der Waals surface area (Å²) in [6.45, 7) is 1.66. The van der Waals surface area contributed by atoms with E-state index in [0.717, 1.165) is 11.8 Å². The predicted molar refractivity (Wildman–Crippen MR) is 61.7 cm³/mol. The molecular formula is C13H13FN2O. The normalized spacial score (nSPS) is 14.3. The monoisotopic (exact) mass is 232 g/mol. The van der Waals surface area contributed by atoms with Crippen LogP contribution in [-0.4, -0.2) is 15.1 Å². The van der Waals surface area contributed by atoms with Crippen molar-refractivity contribution in [3.8, 4) is 0 Å². The summed E-state index contributed by atoms with van der Waals surface area (Å²) in [4.78, 5) is 7.82. The molecule has 4 heteroatoms. The van der Waals surface area contributed by atoms with Crippen LogP contribution < -0.4 is 0 Å². The van der Waals surface area contributed by atoms with Crippen LogP contribution in [0.3, 0.4) is 0 Å². The van der Waals surface area contributed by atoms with Crippen LogP contribution in [-0.2, 0) is 12.0 Å². The molecule has 1 atom stereocenters. The summed E-state index contributed by atoms with van der Waals surface area (Å²) in [7, 11) is 0. The summed E-state index contributed by atoms with van der Waals surface area (Å²) in [5.74, 6) is -0.409. The molecule has 1 unspecified atom stereocenters.